The molecule has 3 rings (SSSR count). The van der Waals surface area contributed by atoms with Crippen molar-refractivity contribution in [3.8, 4) is 0 Å². The van der Waals surface area contributed by atoms with E-state index in [1.165, 1.54) is 5.56 Å². The van der Waals surface area contributed by atoms with Crippen LogP contribution >= 0.6 is 0 Å². The van der Waals surface area contributed by atoms with Crippen molar-refractivity contribution in [2.24, 2.45) is 0 Å². The quantitative estimate of drug-likeness (QED) is 0.851. The number of H-pyrrole nitrogens is 1. The van der Waals surface area contributed by atoms with Crippen molar-refractivity contribution in [3.63, 3.8) is 0 Å². The van der Waals surface area contributed by atoms with E-state index in [-0.39, 0.29) is 17.7 Å². The maximum absolute atomic E-state index is 12.0. The molecule has 2 aromatic rings. The molecule has 0 spiro atoms. The fraction of sp³-hybridized carbons (Fsp3) is 0.438. The lowest BCUT2D eigenvalue weighted by atomic mass is 9.91. The molecule has 1 aliphatic rings. The first-order valence-electron chi connectivity index (χ1n) is 7.41. The summed E-state index contributed by atoms with van der Waals surface area (Å²) >= 11 is 0. The third kappa shape index (κ3) is 2.44. The zero-order valence-corrected chi connectivity index (χ0v) is 12.3. The van der Waals surface area contributed by atoms with Crippen molar-refractivity contribution >= 4 is 22.7 Å². The Hall–Kier alpha value is -2.17. The number of nitrogens with one attached hydrogen (secondary N) is 2. The van der Waals surface area contributed by atoms with Crippen LogP contribution < -0.4 is 5.32 Å². The Kier molecular flexibility index (Phi) is 3.49. The lowest BCUT2D eigenvalue weighted by molar-refractivity contribution is -0.134. The Balaban J connectivity index is 1.97. The number of carbonyl (C=O) groups excluding carboxylic acids is 2. The Bertz CT molecular complexity index is 705. The summed E-state index contributed by atoms with van der Waals surface area (Å²) in [5.41, 5.74) is 2.95. The molecule has 2 amide bonds. The molecular weight excluding hydrogens is 266 g/mol. The number of aromatic nitrogens is 2. The molecule has 5 nitrogen and oxygen atoms in total. The van der Waals surface area contributed by atoms with Crippen LogP contribution in [0, 0.1) is 0 Å². The fourth-order valence-corrected chi connectivity index (χ4v) is 2.83. The second-order valence-electron chi connectivity index (χ2n) is 5.73. The third-order valence-electron chi connectivity index (χ3n) is 4.38. The Labute approximate surface area is 123 Å². The van der Waals surface area contributed by atoms with Crippen molar-refractivity contribution in [3.05, 3.63) is 29.5 Å². The van der Waals surface area contributed by atoms with E-state index >= 15 is 0 Å². The standard InChI is InChI=1S/C16H19N3O2/c1-3-9(2)10-4-5-11-13(8-10)18-19-15(11)12-6-7-14(20)17-16(12)21/h4-5,8-9,12H,3,6-7H2,1-2H3,(H,18,19)(H,17,20,21). The predicted octanol–water partition coefficient (Wildman–Crippen LogP) is 2.60. The zero-order chi connectivity index (χ0) is 15.0. The monoisotopic (exact) mass is 285 g/mol. The van der Waals surface area contributed by atoms with Crippen LogP contribution in [-0.2, 0) is 9.59 Å². The van der Waals surface area contributed by atoms with Crippen LogP contribution in [0.15, 0.2) is 18.2 Å². The van der Waals surface area contributed by atoms with E-state index in [1.54, 1.807) is 0 Å². The smallest absolute Gasteiger partial charge is 0.235 e. The van der Waals surface area contributed by atoms with Gasteiger partial charge in [-0.15, -0.1) is 0 Å². The Morgan fingerprint density at radius 2 is 2.19 bits per heavy atom. The van der Waals surface area contributed by atoms with E-state index < -0.39 is 0 Å². The third-order valence-corrected chi connectivity index (χ3v) is 4.38. The second kappa shape index (κ2) is 5.31. The van der Waals surface area contributed by atoms with Crippen molar-refractivity contribution in [2.75, 3.05) is 0 Å². The zero-order valence-electron chi connectivity index (χ0n) is 12.3. The van der Waals surface area contributed by atoms with Gasteiger partial charge in [-0.25, -0.2) is 0 Å². The fourth-order valence-electron chi connectivity index (χ4n) is 2.83. The number of aromatic amines is 1. The number of hydrogen-bond acceptors (Lipinski definition) is 3. The number of piperidine rings is 1. The molecule has 2 unspecified atom stereocenters. The minimum atomic E-state index is -0.317. The van der Waals surface area contributed by atoms with E-state index in [0.717, 1.165) is 23.0 Å². The average molecular weight is 285 g/mol. The van der Waals surface area contributed by atoms with Crippen LogP contribution in [0.3, 0.4) is 0 Å². The number of carbonyl (C=O) groups is 2. The van der Waals surface area contributed by atoms with Crippen LogP contribution in [0.5, 0.6) is 0 Å². The minimum absolute atomic E-state index is 0.195. The van der Waals surface area contributed by atoms with Gasteiger partial charge in [0.1, 0.15) is 0 Å². The molecule has 0 saturated carbocycles. The molecule has 0 radical (unpaired) electrons. The summed E-state index contributed by atoms with van der Waals surface area (Å²) in [6.07, 6.45) is 1.99. The van der Waals surface area contributed by atoms with Crippen molar-refractivity contribution in [1.29, 1.82) is 0 Å². The number of amides is 2. The van der Waals surface area contributed by atoms with Gasteiger partial charge >= 0.3 is 0 Å². The van der Waals surface area contributed by atoms with Gasteiger partial charge < -0.3 is 0 Å². The maximum Gasteiger partial charge on any atom is 0.235 e. The van der Waals surface area contributed by atoms with Gasteiger partial charge in [0.25, 0.3) is 0 Å². The first-order chi connectivity index (χ1) is 10.1. The number of hydrogen-bond donors (Lipinski definition) is 2. The second-order valence-corrected chi connectivity index (χ2v) is 5.73. The molecule has 0 aliphatic carbocycles. The number of imide groups is 1. The highest BCUT2D eigenvalue weighted by Crippen LogP contribution is 2.31. The first-order valence-corrected chi connectivity index (χ1v) is 7.41. The van der Waals surface area contributed by atoms with Crippen molar-refractivity contribution in [2.45, 2.75) is 44.9 Å². The van der Waals surface area contributed by atoms with E-state index in [2.05, 4.69) is 41.5 Å². The molecular formula is C16H19N3O2. The van der Waals surface area contributed by atoms with E-state index in [0.29, 0.717) is 18.8 Å². The SMILES string of the molecule is CCC(C)c1ccc2c(C3CCC(=O)NC3=O)[nH]nc2c1. The van der Waals surface area contributed by atoms with Gasteiger partial charge in [-0.3, -0.25) is 20.0 Å². The molecule has 110 valence electrons. The normalized spacial score (nSPS) is 20.6. The molecule has 2 atom stereocenters. The number of benzene rings is 1. The number of rotatable bonds is 3. The van der Waals surface area contributed by atoms with Gasteiger partial charge in [0.2, 0.25) is 11.8 Å². The number of fused-ring (bicyclic) bond motifs is 1. The lowest BCUT2D eigenvalue weighted by Gasteiger charge is -2.19. The van der Waals surface area contributed by atoms with Crippen LogP contribution in [0.1, 0.15) is 56.2 Å². The molecule has 1 aromatic carbocycles. The molecule has 1 fully saturated rings. The highest BCUT2D eigenvalue weighted by molar-refractivity contribution is 6.02. The first kappa shape index (κ1) is 13.8. The predicted molar refractivity (Wildman–Crippen MR) is 79.9 cm³/mol. The largest absolute Gasteiger partial charge is 0.296 e. The minimum Gasteiger partial charge on any atom is -0.296 e. The maximum atomic E-state index is 12.0. The number of nitrogens with zero attached hydrogens (tertiary/aromatic N) is 1. The average Bonchev–Trinajstić information content (AvgIpc) is 2.89. The molecule has 1 aromatic heterocycles. The molecule has 2 N–H and O–H groups in total. The van der Waals surface area contributed by atoms with Crippen LogP contribution in [-0.4, -0.2) is 22.0 Å². The Morgan fingerprint density at radius 3 is 2.90 bits per heavy atom. The summed E-state index contributed by atoms with van der Waals surface area (Å²) < 4.78 is 0. The molecule has 1 saturated heterocycles. The summed E-state index contributed by atoms with van der Waals surface area (Å²) in [4.78, 5) is 23.2. The molecule has 2 heterocycles. The van der Waals surface area contributed by atoms with Crippen LogP contribution in [0.2, 0.25) is 0 Å². The van der Waals surface area contributed by atoms with Crippen LogP contribution in [0.25, 0.3) is 10.9 Å². The van der Waals surface area contributed by atoms with Crippen molar-refractivity contribution in [1.82, 2.24) is 15.5 Å². The summed E-state index contributed by atoms with van der Waals surface area (Å²) in [5, 5.41) is 10.7. The van der Waals surface area contributed by atoms with Gasteiger partial charge in [0.15, 0.2) is 0 Å². The summed E-state index contributed by atoms with van der Waals surface area (Å²) in [6.45, 7) is 4.35. The molecule has 5 heteroatoms. The lowest BCUT2D eigenvalue weighted by Crippen LogP contribution is -2.39. The van der Waals surface area contributed by atoms with E-state index in [9.17, 15) is 9.59 Å². The van der Waals surface area contributed by atoms with E-state index in [1.807, 2.05) is 6.07 Å². The summed E-state index contributed by atoms with van der Waals surface area (Å²) in [6, 6.07) is 6.20. The van der Waals surface area contributed by atoms with Gasteiger partial charge in [0, 0.05) is 11.8 Å². The van der Waals surface area contributed by atoms with Gasteiger partial charge in [-0.2, -0.15) is 5.10 Å². The topological polar surface area (TPSA) is 74.8 Å². The summed E-state index contributed by atoms with van der Waals surface area (Å²) in [7, 11) is 0. The molecule has 21 heavy (non-hydrogen) atoms. The Morgan fingerprint density at radius 1 is 1.38 bits per heavy atom. The van der Waals surface area contributed by atoms with Gasteiger partial charge in [-0.1, -0.05) is 26.0 Å². The van der Waals surface area contributed by atoms with Gasteiger partial charge in [-0.05, 0) is 30.4 Å². The highest BCUT2D eigenvalue weighted by Gasteiger charge is 2.30. The summed E-state index contributed by atoms with van der Waals surface area (Å²) in [5.74, 6) is -0.255. The molecule has 0 bridgehead atoms. The van der Waals surface area contributed by atoms with Gasteiger partial charge in [0.05, 0.1) is 17.1 Å². The van der Waals surface area contributed by atoms with Crippen molar-refractivity contribution < 1.29 is 9.59 Å². The van der Waals surface area contributed by atoms with Crippen LogP contribution in [0.4, 0.5) is 0 Å². The molecule has 1 aliphatic heterocycles. The highest BCUT2D eigenvalue weighted by atomic mass is 16.2. The van der Waals surface area contributed by atoms with E-state index in [4.69, 9.17) is 0 Å².